The molecule has 784 valence electrons. The maximum absolute atomic E-state index is 15.7. The third-order valence-corrected chi connectivity index (χ3v) is 33.9. The SMILES string of the molecule is CCCCCSSCCOC(=O)O[C@@H](C(=O)O[C@H]1C[C@@]2(O)[C@@H](OC(=O)c3ccccc3)[C@@H]3[C@]4(OC(C)=O)CO[C@@H]4C[C@@H]4C[C@@]43C(=O)[C@H](OC(C)=O)C(=C1C)C2(C)C)[C@@H](NC(=O)OC(C)(C)C)c1ccccc1.[3H]CCNCCSSCCOC(=O)O[C@@H](C(=O)O[C@H]1C[C@@]2(O)[C@@H](OC(=O)c3ccccc3)[C@@H]3[C@]4(OC(C)=O)CO[C@@H]4C[C@@H]4C[C@@]43C(=O)[C@H](OC(C)=O)C(=C1C)C2(C)C)[C@@H](NC(=O)OC(C)(C)C)c1ccccc1. The number of amides is 2. The molecule has 10 aliphatic rings. The minimum absolute atomic E-state index is 0.0730. The molecule has 4 aromatic rings. The number of fused-ring (bicyclic) bond motifs is 8. The van der Waals surface area contributed by atoms with Gasteiger partial charge in [0, 0.05) is 93.1 Å². The third kappa shape index (κ3) is 23.2. The first-order valence-corrected chi connectivity index (χ1v) is 53.6. The second-order valence-electron chi connectivity index (χ2n) is 41.2. The van der Waals surface area contributed by atoms with Gasteiger partial charge in [0.1, 0.15) is 84.3 Å². The topological polar surface area (TPSA) is 463 Å². The average Bonchev–Trinajstić information content (AvgIpc) is 1.50. The Morgan fingerprint density at radius 2 is 0.854 bits per heavy atom. The molecule has 22 atom stereocenters. The highest BCUT2D eigenvalue weighted by atomic mass is 33.1. The lowest BCUT2D eigenvalue weighted by atomic mass is 9.48. The van der Waals surface area contributed by atoms with Crippen LogP contribution in [0.3, 0.4) is 0 Å². The van der Waals surface area contributed by atoms with E-state index < -0.39 is 249 Å². The molecule has 35 nitrogen and oxygen atoms in total. The number of rotatable bonds is 36. The third-order valence-electron chi connectivity index (χ3n) is 29.1. The molecule has 0 unspecified atom stereocenters. The van der Waals surface area contributed by atoms with Gasteiger partial charge in [0.15, 0.2) is 35.0 Å². The Bertz CT molecular complexity index is 5510. The monoisotopic (exact) mass is 2080 g/mol. The number of alkyl carbamates (subject to hydrolysis) is 2. The lowest BCUT2D eigenvalue weighted by Crippen LogP contribution is -2.78. The van der Waals surface area contributed by atoms with Crippen LogP contribution in [0.25, 0.3) is 0 Å². The Morgan fingerprint density at radius 1 is 0.486 bits per heavy atom. The molecule has 2 spiro atoms. The highest BCUT2D eigenvalue weighted by Gasteiger charge is 2.86. The van der Waals surface area contributed by atoms with Crippen molar-refractivity contribution in [1.29, 1.82) is 0 Å². The van der Waals surface area contributed by atoms with Crippen LogP contribution in [0.5, 0.6) is 0 Å². The number of aliphatic hydroxyl groups is 2. The number of esters is 8. The van der Waals surface area contributed by atoms with Crippen molar-refractivity contribution in [3.05, 3.63) is 166 Å². The van der Waals surface area contributed by atoms with Crippen LogP contribution in [0.2, 0.25) is 0 Å². The summed E-state index contributed by atoms with van der Waals surface area (Å²) in [5.74, 6) is -9.30. The zero-order chi connectivity index (χ0) is 105. The van der Waals surface area contributed by atoms with Gasteiger partial charge in [0.25, 0.3) is 0 Å². The van der Waals surface area contributed by atoms with E-state index in [1.54, 1.807) is 191 Å². The Balaban J connectivity index is 0.000000243. The number of carbonyl (C=O) groups excluding carboxylic acids is 14. The Hall–Kier alpha value is -10.3. The molecule has 14 rings (SSSR count). The summed E-state index contributed by atoms with van der Waals surface area (Å²) >= 11 is 0. The fraction of sp³-hybridized carbons (Fsp3) is 0.600. The Kier molecular flexibility index (Phi) is 34.4. The zero-order valence-electron chi connectivity index (χ0n) is 85.2. The first kappa shape index (κ1) is 109. The van der Waals surface area contributed by atoms with E-state index in [9.17, 15) is 58.2 Å². The van der Waals surface area contributed by atoms with Crippen molar-refractivity contribution in [2.45, 2.75) is 289 Å². The maximum Gasteiger partial charge on any atom is 0.509 e. The summed E-state index contributed by atoms with van der Waals surface area (Å²) in [6, 6.07) is 29.5. The number of hydrogen-bond donors (Lipinski definition) is 5. The van der Waals surface area contributed by atoms with Crippen LogP contribution in [0, 0.1) is 45.3 Å². The molecule has 0 radical (unpaired) electrons. The normalized spacial score (nSPS) is 29.7. The second kappa shape index (κ2) is 45.2. The van der Waals surface area contributed by atoms with Gasteiger partial charge in [-0.25, -0.2) is 38.4 Å². The molecule has 2 heterocycles. The molecular formula is C105H133N3O32S4. The summed E-state index contributed by atoms with van der Waals surface area (Å²) < 4.78 is 103. The van der Waals surface area contributed by atoms with Crippen LogP contribution in [0.1, 0.15) is 228 Å². The van der Waals surface area contributed by atoms with E-state index in [1.807, 2.05) is 0 Å². The first-order chi connectivity index (χ1) is 68.5. The predicted octanol–water partition coefficient (Wildman–Crippen LogP) is 14.8. The molecule has 39 heteroatoms. The summed E-state index contributed by atoms with van der Waals surface area (Å²) in [5.41, 5.74) is -14.6. The van der Waals surface area contributed by atoms with Gasteiger partial charge in [-0.05, 0) is 164 Å². The van der Waals surface area contributed by atoms with Crippen molar-refractivity contribution in [3.63, 3.8) is 0 Å². The van der Waals surface area contributed by atoms with Crippen LogP contribution in [0.15, 0.2) is 144 Å². The molecule has 6 saturated carbocycles. The summed E-state index contributed by atoms with van der Waals surface area (Å²) in [6.45, 7) is 27.3. The number of hydrogen-bond acceptors (Lipinski definition) is 37. The maximum atomic E-state index is 15.7. The number of unbranched alkanes of at least 4 members (excludes halogenated alkanes) is 2. The van der Waals surface area contributed by atoms with Crippen molar-refractivity contribution >= 4 is 127 Å². The molecule has 2 saturated heterocycles. The quantitative estimate of drug-likeness (QED) is 0.00928. The van der Waals surface area contributed by atoms with Crippen LogP contribution in [0.4, 0.5) is 19.2 Å². The number of Topliss-reactive ketones (excluding diaryl/α,β-unsaturated/α-hetero) is 2. The van der Waals surface area contributed by atoms with E-state index in [0.717, 1.165) is 44.6 Å². The van der Waals surface area contributed by atoms with Gasteiger partial charge in [0.2, 0.25) is 12.2 Å². The Morgan fingerprint density at radius 3 is 1.19 bits per heavy atom. The summed E-state index contributed by atoms with van der Waals surface area (Å²) in [5, 5.41) is 36.4. The number of benzene rings is 4. The largest absolute Gasteiger partial charge is 0.509 e. The molecule has 8 fully saturated rings. The number of ether oxygens (including phenoxy) is 16. The fourth-order valence-electron chi connectivity index (χ4n) is 22.5. The molecule has 4 bridgehead atoms. The lowest BCUT2D eigenvalue weighted by molar-refractivity contribution is -0.323. The fourth-order valence-corrected chi connectivity index (χ4v) is 26.3. The van der Waals surface area contributed by atoms with E-state index in [0.29, 0.717) is 42.1 Å². The van der Waals surface area contributed by atoms with E-state index >= 15 is 19.2 Å². The second-order valence-corrected chi connectivity index (χ2v) is 46.6. The Labute approximate surface area is 855 Å². The number of nitrogens with one attached hydrogen (secondary N) is 3. The van der Waals surface area contributed by atoms with Crippen LogP contribution < -0.4 is 16.0 Å². The van der Waals surface area contributed by atoms with Crippen molar-refractivity contribution in [1.82, 2.24) is 16.0 Å². The lowest BCUT2D eigenvalue weighted by Gasteiger charge is -2.64. The molecule has 4 aromatic carbocycles. The molecule has 2 aliphatic heterocycles. The first-order valence-electron chi connectivity index (χ1n) is 49.3. The minimum atomic E-state index is -2.33. The molecule has 0 aromatic heterocycles. The van der Waals surface area contributed by atoms with Gasteiger partial charge in [-0.2, -0.15) is 0 Å². The average molecular weight is 2080 g/mol. The van der Waals surface area contributed by atoms with Gasteiger partial charge < -0.3 is 102 Å². The van der Waals surface area contributed by atoms with Gasteiger partial charge in [-0.15, -0.1) is 0 Å². The molecule has 5 N–H and O–H groups in total. The molecule has 144 heavy (non-hydrogen) atoms. The van der Waals surface area contributed by atoms with Crippen molar-refractivity contribution in [2.75, 3.05) is 62.5 Å². The molecular weight excluding hydrogens is 1940 g/mol. The van der Waals surface area contributed by atoms with Crippen molar-refractivity contribution in [3.8, 4) is 0 Å². The highest BCUT2D eigenvalue weighted by Crippen LogP contribution is 2.77. The van der Waals surface area contributed by atoms with Crippen LogP contribution >= 0.6 is 43.2 Å². The van der Waals surface area contributed by atoms with Gasteiger partial charge in [0.05, 0.1) is 36.2 Å². The molecule has 2 amide bonds. The van der Waals surface area contributed by atoms with Crippen molar-refractivity contribution < 1.29 is 154 Å². The minimum Gasteiger partial charge on any atom is -0.455 e. The number of ketones is 2. The number of carbonyl (C=O) groups is 14. The van der Waals surface area contributed by atoms with Gasteiger partial charge in [-0.1, -0.05) is 195 Å². The van der Waals surface area contributed by atoms with E-state index in [4.69, 9.17) is 77.2 Å². The van der Waals surface area contributed by atoms with E-state index in [-0.39, 0.29) is 86.0 Å². The van der Waals surface area contributed by atoms with Crippen LogP contribution in [-0.2, 0) is 114 Å². The van der Waals surface area contributed by atoms with Gasteiger partial charge in [-0.3, -0.25) is 28.8 Å². The van der Waals surface area contributed by atoms with E-state index in [1.165, 1.54) is 70.5 Å². The summed E-state index contributed by atoms with van der Waals surface area (Å²) in [7, 11) is 6.13. The zero-order valence-corrected chi connectivity index (χ0v) is 87.5. The van der Waals surface area contributed by atoms with Gasteiger partial charge >= 0.3 is 72.3 Å². The summed E-state index contributed by atoms with van der Waals surface area (Å²) in [4.78, 5) is 198. The summed E-state index contributed by atoms with van der Waals surface area (Å²) in [6.07, 6.45) is -16.4. The highest BCUT2D eigenvalue weighted by molar-refractivity contribution is 8.77. The molecule has 8 aliphatic carbocycles. The van der Waals surface area contributed by atoms with E-state index in [2.05, 4.69) is 22.9 Å². The predicted molar refractivity (Wildman–Crippen MR) is 527 cm³/mol. The smallest absolute Gasteiger partial charge is 0.455 e. The standard InChI is InChI=1S/C53H67NO16S2.C52H66N2O16S2/c1-10-11-18-24-71-72-25-23-63-48(61)67-41(39(33-19-14-12-15-20-33)54-47(60)70-49(5,6)7)46(59)66-36-28-53(62)44(68-45(58)34-21-16-13-17-22-34)42-51(27-35(51)26-37-52(42,29-64-37)69-32(4)56)43(57)40(65-31(3)55)38(30(36)2)50(53,8)9;1-10-53-21-23-71-72-24-22-63-47(61)67-40(38(32-17-13-11-14-18-32)54-46(60)70-48(5,6)7)45(59)66-35-27-52(62)43(68-44(58)33-19-15-12-16-20-33)41-50(26-34(50)25-36-51(41,28-64-36)69-31(4)56)42(57)39(65-30(3)55)37(29(35)2)49(52,8)9/h12-17,19-22,35-37,39-42,44,62H,10-11,18,23-29H2,1-9H3,(H,54,60);11-20,34-36,38-41,43,53,62H,10,21-28H2,1-9H3,(H,54,60)/t35-,36+,37-,39+,40-,41-,42+,44+,51-,52+,53-;34-,35+,36-,38+,39-,40-,41+,43+,50-,51+,52-/m11/s1/i;1T. The van der Waals surface area contributed by atoms with Crippen LogP contribution in [-0.4, -0.2) is 251 Å². The van der Waals surface area contributed by atoms with Crippen molar-refractivity contribution in [2.24, 2.45) is 45.3 Å².